The number of esters is 3. The van der Waals surface area contributed by atoms with Gasteiger partial charge in [-0.1, -0.05) is 0 Å². The molecule has 3 N–H and O–H groups in total. The second-order valence-electron chi connectivity index (χ2n) is 9.34. The number of aromatic nitrogens is 3. The van der Waals surface area contributed by atoms with Crippen molar-refractivity contribution in [1.29, 1.82) is 0 Å². The Balaban J connectivity index is 1.97. The van der Waals surface area contributed by atoms with E-state index in [9.17, 15) is 29.7 Å². The van der Waals surface area contributed by atoms with E-state index in [1.54, 1.807) is 20.8 Å². The lowest BCUT2D eigenvalue weighted by Crippen LogP contribution is -2.05. The molecular formula is C30H27N3O9. The second kappa shape index (κ2) is 11.5. The smallest absolute Gasteiger partial charge is 0.308 e. The summed E-state index contributed by atoms with van der Waals surface area (Å²) in [5.74, 6) is -2.20. The molecule has 1 aromatic heterocycles. The highest BCUT2D eigenvalue weighted by molar-refractivity contribution is 5.79. The van der Waals surface area contributed by atoms with Crippen molar-refractivity contribution in [2.24, 2.45) is 0 Å². The van der Waals surface area contributed by atoms with Crippen molar-refractivity contribution < 1.29 is 43.9 Å². The van der Waals surface area contributed by atoms with Crippen LogP contribution in [0.1, 0.15) is 37.5 Å². The van der Waals surface area contributed by atoms with Crippen molar-refractivity contribution in [2.75, 3.05) is 0 Å². The molecule has 0 unspecified atom stereocenters. The van der Waals surface area contributed by atoms with Gasteiger partial charge >= 0.3 is 17.9 Å². The van der Waals surface area contributed by atoms with Gasteiger partial charge in [-0.2, -0.15) is 0 Å². The minimum Gasteiger partial charge on any atom is -0.507 e. The van der Waals surface area contributed by atoms with E-state index < -0.39 is 17.9 Å². The minimum absolute atomic E-state index is 0.0350. The van der Waals surface area contributed by atoms with Gasteiger partial charge in [0.25, 0.3) is 0 Å². The molecule has 12 nitrogen and oxygen atoms in total. The predicted octanol–water partition coefficient (Wildman–Crippen LogP) is 4.69. The Labute approximate surface area is 240 Å². The number of nitrogens with zero attached hydrogens (tertiary/aromatic N) is 3. The fraction of sp³-hybridized carbons (Fsp3) is 0.200. The van der Waals surface area contributed by atoms with E-state index in [2.05, 4.69) is 15.0 Å². The predicted molar refractivity (Wildman–Crippen MR) is 149 cm³/mol. The molecule has 12 heteroatoms. The second-order valence-corrected chi connectivity index (χ2v) is 9.34. The standard InChI is InChI=1S/C30H27N3O9/c1-13-22(40-16(4)34)10-7-19(25(13)37)28-31-29(20-8-11-23(41-17(5)35)14(2)26(20)38)33-30(32-28)21-9-12-24(42-18(6)36)15(3)27(21)39/h7-12,37-39H,1-6H3. The highest BCUT2D eigenvalue weighted by Gasteiger charge is 2.23. The van der Waals surface area contributed by atoms with E-state index in [-0.39, 0.29) is 85.4 Å². The van der Waals surface area contributed by atoms with E-state index >= 15 is 0 Å². The van der Waals surface area contributed by atoms with Crippen LogP contribution < -0.4 is 14.2 Å². The van der Waals surface area contributed by atoms with E-state index in [0.29, 0.717) is 0 Å². The maximum atomic E-state index is 11.5. The lowest BCUT2D eigenvalue weighted by Gasteiger charge is -2.15. The molecule has 0 saturated carbocycles. The first-order valence-corrected chi connectivity index (χ1v) is 12.6. The zero-order chi connectivity index (χ0) is 30.9. The van der Waals surface area contributed by atoms with Gasteiger partial charge in [0.1, 0.15) is 34.5 Å². The van der Waals surface area contributed by atoms with Crippen LogP contribution in [0.15, 0.2) is 36.4 Å². The molecule has 216 valence electrons. The molecule has 4 aromatic rings. The number of hydrogen-bond acceptors (Lipinski definition) is 12. The average molecular weight is 574 g/mol. The number of carbonyl (C=O) groups is 3. The highest BCUT2D eigenvalue weighted by Crippen LogP contribution is 2.41. The van der Waals surface area contributed by atoms with Gasteiger partial charge in [0.15, 0.2) is 17.5 Å². The van der Waals surface area contributed by atoms with E-state index in [1.807, 2.05) is 0 Å². The molecule has 0 saturated heterocycles. The molecule has 0 fully saturated rings. The summed E-state index contributed by atoms with van der Waals surface area (Å²) in [4.78, 5) is 47.9. The zero-order valence-corrected chi connectivity index (χ0v) is 23.6. The number of benzene rings is 3. The van der Waals surface area contributed by atoms with Gasteiger partial charge in [0, 0.05) is 37.5 Å². The third-order valence-corrected chi connectivity index (χ3v) is 6.26. The number of phenols is 3. The Hall–Kier alpha value is -5.52. The fourth-order valence-electron chi connectivity index (χ4n) is 4.12. The normalized spacial score (nSPS) is 10.7. The van der Waals surface area contributed by atoms with Gasteiger partial charge in [-0.15, -0.1) is 0 Å². The van der Waals surface area contributed by atoms with Crippen LogP contribution in [0.5, 0.6) is 34.5 Å². The lowest BCUT2D eigenvalue weighted by atomic mass is 10.1. The number of phenolic OH excluding ortho intramolecular Hbond substituents is 3. The number of aromatic hydroxyl groups is 3. The first-order chi connectivity index (χ1) is 19.8. The van der Waals surface area contributed by atoms with E-state index in [4.69, 9.17) is 14.2 Å². The van der Waals surface area contributed by atoms with Crippen molar-refractivity contribution in [1.82, 2.24) is 15.0 Å². The topological polar surface area (TPSA) is 178 Å². The molecule has 3 aromatic carbocycles. The van der Waals surface area contributed by atoms with Gasteiger partial charge in [0.2, 0.25) is 0 Å². The van der Waals surface area contributed by atoms with Crippen LogP contribution in [0.3, 0.4) is 0 Å². The van der Waals surface area contributed by atoms with Gasteiger partial charge in [-0.25, -0.2) is 15.0 Å². The molecule has 0 spiro atoms. The Bertz CT molecular complexity index is 1550. The fourth-order valence-corrected chi connectivity index (χ4v) is 4.12. The molecule has 0 atom stereocenters. The largest absolute Gasteiger partial charge is 0.507 e. The molecule has 4 rings (SSSR count). The van der Waals surface area contributed by atoms with Gasteiger partial charge in [-0.05, 0) is 57.2 Å². The number of ether oxygens (including phenoxy) is 3. The van der Waals surface area contributed by atoms with Crippen LogP contribution in [0, 0.1) is 20.8 Å². The van der Waals surface area contributed by atoms with E-state index in [0.717, 1.165) is 0 Å². The molecule has 0 aliphatic carbocycles. The summed E-state index contributed by atoms with van der Waals surface area (Å²) < 4.78 is 15.4. The Morgan fingerprint density at radius 1 is 0.500 bits per heavy atom. The molecule has 0 aliphatic heterocycles. The first-order valence-electron chi connectivity index (χ1n) is 12.6. The molecule has 0 aliphatic rings. The molecule has 0 radical (unpaired) electrons. The summed E-state index contributed by atoms with van der Waals surface area (Å²) in [6, 6.07) is 8.77. The average Bonchev–Trinajstić information content (AvgIpc) is 2.91. The summed E-state index contributed by atoms with van der Waals surface area (Å²) in [6.07, 6.45) is 0. The molecule has 0 amide bonds. The first kappa shape index (κ1) is 29.5. The van der Waals surface area contributed by atoms with Crippen LogP contribution in [0.2, 0.25) is 0 Å². The van der Waals surface area contributed by atoms with Crippen LogP contribution in [0.25, 0.3) is 34.2 Å². The highest BCUT2D eigenvalue weighted by atomic mass is 16.5. The van der Waals surface area contributed by atoms with E-state index in [1.165, 1.54) is 57.2 Å². The Kier molecular flexibility index (Phi) is 8.09. The van der Waals surface area contributed by atoms with Crippen LogP contribution in [-0.4, -0.2) is 48.2 Å². The number of hydrogen-bond donors (Lipinski definition) is 3. The quantitative estimate of drug-likeness (QED) is 0.214. The third-order valence-electron chi connectivity index (χ3n) is 6.26. The van der Waals surface area contributed by atoms with Crippen LogP contribution in [0.4, 0.5) is 0 Å². The SMILES string of the molecule is CC(=O)Oc1ccc(-c2nc(-c3ccc(OC(C)=O)c(C)c3O)nc(-c3ccc(OC(C)=O)c(C)c3O)n2)c(O)c1C. The van der Waals surface area contributed by atoms with Gasteiger partial charge in [0.05, 0.1) is 16.7 Å². The maximum absolute atomic E-state index is 11.5. The summed E-state index contributed by atoms with van der Waals surface area (Å²) >= 11 is 0. The summed E-state index contributed by atoms with van der Waals surface area (Å²) in [7, 11) is 0. The number of rotatable bonds is 6. The van der Waals surface area contributed by atoms with Crippen molar-refractivity contribution >= 4 is 17.9 Å². The zero-order valence-electron chi connectivity index (χ0n) is 23.6. The molecule has 1 heterocycles. The number of carbonyl (C=O) groups excluding carboxylic acids is 3. The summed E-state index contributed by atoms with van der Waals surface area (Å²) in [5, 5.41) is 33.1. The Morgan fingerprint density at radius 3 is 0.952 bits per heavy atom. The van der Waals surface area contributed by atoms with Crippen molar-refractivity contribution in [3.63, 3.8) is 0 Å². The molecular weight excluding hydrogens is 546 g/mol. The molecule has 0 bridgehead atoms. The lowest BCUT2D eigenvalue weighted by molar-refractivity contribution is -0.132. The van der Waals surface area contributed by atoms with Crippen molar-refractivity contribution in [3.8, 4) is 68.7 Å². The Morgan fingerprint density at radius 2 is 0.738 bits per heavy atom. The van der Waals surface area contributed by atoms with Crippen LogP contribution >= 0.6 is 0 Å². The monoisotopic (exact) mass is 573 g/mol. The van der Waals surface area contributed by atoms with Crippen LogP contribution in [-0.2, 0) is 14.4 Å². The maximum Gasteiger partial charge on any atom is 0.308 e. The summed E-state index contributed by atoms with van der Waals surface area (Å²) in [6.45, 7) is 8.34. The third kappa shape index (κ3) is 5.82. The molecule has 42 heavy (non-hydrogen) atoms. The minimum atomic E-state index is -0.568. The van der Waals surface area contributed by atoms with Gasteiger partial charge < -0.3 is 29.5 Å². The summed E-state index contributed by atoms with van der Waals surface area (Å²) in [5.41, 5.74) is 1.19. The van der Waals surface area contributed by atoms with Crippen molar-refractivity contribution in [2.45, 2.75) is 41.5 Å². The van der Waals surface area contributed by atoms with Gasteiger partial charge in [-0.3, -0.25) is 14.4 Å². The van der Waals surface area contributed by atoms with Crippen molar-refractivity contribution in [3.05, 3.63) is 53.1 Å².